The Bertz CT molecular complexity index is 592. The van der Waals surface area contributed by atoms with Crippen LogP contribution in [0.3, 0.4) is 0 Å². The first-order valence-electron chi connectivity index (χ1n) is 5.85. The number of alkyl halides is 3. The van der Waals surface area contributed by atoms with Crippen molar-refractivity contribution < 1.29 is 22.1 Å². The lowest BCUT2D eigenvalue weighted by Gasteiger charge is -2.10. The molecule has 0 aliphatic rings. The molecule has 3 nitrogen and oxygen atoms in total. The summed E-state index contributed by atoms with van der Waals surface area (Å²) >= 11 is 0. The summed E-state index contributed by atoms with van der Waals surface area (Å²) in [7, 11) is 0. The highest BCUT2D eigenvalue weighted by atomic mass is 19.4. The van der Waals surface area contributed by atoms with Gasteiger partial charge in [-0.3, -0.25) is 0 Å². The lowest BCUT2D eigenvalue weighted by atomic mass is 10.1. The first kappa shape index (κ1) is 14.5. The molecule has 1 aromatic carbocycles. The van der Waals surface area contributed by atoms with Gasteiger partial charge in [0, 0.05) is 19.2 Å². The molecule has 0 atom stereocenters. The third-order valence-electron chi connectivity index (χ3n) is 2.65. The predicted octanol–water partition coefficient (Wildman–Crippen LogP) is 3.43. The highest BCUT2D eigenvalue weighted by molar-refractivity contribution is 5.27. The molecule has 7 heteroatoms. The third-order valence-corrected chi connectivity index (χ3v) is 2.65. The molecule has 0 amide bonds. The van der Waals surface area contributed by atoms with Gasteiger partial charge in [0.25, 0.3) is 0 Å². The van der Waals surface area contributed by atoms with Crippen LogP contribution in [0.4, 0.5) is 17.6 Å². The highest BCUT2D eigenvalue weighted by Gasteiger charge is 2.34. The number of benzene rings is 1. The van der Waals surface area contributed by atoms with Gasteiger partial charge < -0.3 is 9.84 Å². The summed E-state index contributed by atoms with van der Waals surface area (Å²) in [5, 5.41) is 6.66. The molecule has 0 aliphatic carbocycles. The molecule has 0 saturated carbocycles. The van der Waals surface area contributed by atoms with Crippen LogP contribution in [-0.2, 0) is 19.3 Å². The minimum atomic E-state index is -4.69. The maximum absolute atomic E-state index is 13.1. The van der Waals surface area contributed by atoms with E-state index in [2.05, 4.69) is 10.5 Å². The van der Waals surface area contributed by atoms with Gasteiger partial charge in [-0.1, -0.05) is 11.2 Å². The SMILES string of the molecule is Cc1cc(CNCc2ccc(F)c(C(F)(F)F)c2)no1. The smallest absolute Gasteiger partial charge is 0.361 e. The van der Waals surface area contributed by atoms with Crippen LogP contribution in [0, 0.1) is 12.7 Å². The summed E-state index contributed by atoms with van der Waals surface area (Å²) in [6, 6.07) is 4.65. The summed E-state index contributed by atoms with van der Waals surface area (Å²) in [6.07, 6.45) is -4.69. The summed E-state index contributed by atoms with van der Waals surface area (Å²) < 4.78 is 55.6. The van der Waals surface area contributed by atoms with Crippen molar-refractivity contribution >= 4 is 0 Å². The molecule has 1 heterocycles. The van der Waals surface area contributed by atoms with Crippen molar-refractivity contribution in [3.8, 4) is 0 Å². The van der Waals surface area contributed by atoms with E-state index in [-0.39, 0.29) is 6.54 Å². The van der Waals surface area contributed by atoms with Gasteiger partial charge in [-0.2, -0.15) is 13.2 Å². The van der Waals surface area contributed by atoms with Gasteiger partial charge in [-0.25, -0.2) is 4.39 Å². The summed E-state index contributed by atoms with van der Waals surface area (Å²) in [5.74, 6) is -0.615. The second kappa shape index (κ2) is 5.62. The number of aryl methyl sites for hydroxylation is 1. The minimum Gasteiger partial charge on any atom is -0.361 e. The van der Waals surface area contributed by atoms with Crippen LogP contribution in [0.1, 0.15) is 22.6 Å². The maximum atomic E-state index is 13.1. The zero-order valence-corrected chi connectivity index (χ0v) is 10.6. The minimum absolute atomic E-state index is 0.176. The van der Waals surface area contributed by atoms with E-state index in [0.717, 1.165) is 12.1 Å². The van der Waals surface area contributed by atoms with Crippen molar-refractivity contribution in [2.24, 2.45) is 0 Å². The van der Waals surface area contributed by atoms with E-state index >= 15 is 0 Å². The van der Waals surface area contributed by atoms with Crippen molar-refractivity contribution in [2.45, 2.75) is 26.2 Å². The van der Waals surface area contributed by atoms with Crippen LogP contribution in [0.25, 0.3) is 0 Å². The van der Waals surface area contributed by atoms with E-state index < -0.39 is 17.6 Å². The molecule has 108 valence electrons. The van der Waals surface area contributed by atoms with Crippen molar-refractivity contribution in [1.29, 1.82) is 0 Å². The van der Waals surface area contributed by atoms with Crippen LogP contribution < -0.4 is 5.32 Å². The third kappa shape index (κ3) is 3.57. The molecule has 0 aliphatic heterocycles. The summed E-state index contributed by atoms with van der Waals surface area (Å²) in [5.41, 5.74) is -0.256. The first-order chi connectivity index (χ1) is 9.36. The van der Waals surface area contributed by atoms with E-state index in [1.165, 1.54) is 6.07 Å². The van der Waals surface area contributed by atoms with E-state index in [1.807, 2.05) is 0 Å². The van der Waals surface area contributed by atoms with Gasteiger partial charge in [0.15, 0.2) is 0 Å². The summed E-state index contributed by atoms with van der Waals surface area (Å²) in [4.78, 5) is 0. The van der Waals surface area contributed by atoms with Crippen molar-refractivity contribution in [3.05, 3.63) is 52.7 Å². The van der Waals surface area contributed by atoms with Crippen LogP contribution in [0.2, 0.25) is 0 Å². The number of rotatable bonds is 4. The van der Waals surface area contributed by atoms with Gasteiger partial charge in [0.05, 0.1) is 11.3 Å². The highest BCUT2D eigenvalue weighted by Crippen LogP contribution is 2.31. The van der Waals surface area contributed by atoms with Crippen molar-refractivity contribution in [1.82, 2.24) is 10.5 Å². The van der Waals surface area contributed by atoms with Crippen LogP contribution in [-0.4, -0.2) is 5.16 Å². The molecule has 0 radical (unpaired) electrons. The summed E-state index contributed by atoms with van der Waals surface area (Å²) in [6.45, 7) is 2.28. The Kier molecular flexibility index (Phi) is 4.08. The fourth-order valence-corrected chi connectivity index (χ4v) is 1.74. The molecule has 0 fully saturated rings. The molecule has 2 aromatic rings. The number of hydrogen-bond acceptors (Lipinski definition) is 3. The normalized spacial score (nSPS) is 11.8. The lowest BCUT2D eigenvalue weighted by molar-refractivity contribution is -0.140. The Balaban J connectivity index is 2.00. The Labute approximate surface area is 112 Å². The molecule has 20 heavy (non-hydrogen) atoms. The number of nitrogens with zero attached hydrogens (tertiary/aromatic N) is 1. The second-order valence-electron chi connectivity index (χ2n) is 4.34. The van der Waals surface area contributed by atoms with E-state index in [9.17, 15) is 17.6 Å². The standard InChI is InChI=1S/C13H12F4N2O/c1-8-4-10(19-20-8)7-18-6-9-2-3-12(14)11(5-9)13(15,16)17/h2-5,18H,6-7H2,1H3. The topological polar surface area (TPSA) is 38.1 Å². The Morgan fingerprint density at radius 1 is 1.20 bits per heavy atom. The molecule has 2 rings (SSSR count). The number of hydrogen-bond donors (Lipinski definition) is 1. The van der Waals surface area contributed by atoms with Gasteiger partial charge in [-0.05, 0) is 24.6 Å². The molecule has 0 bridgehead atoms. The van der Waals surface area contributed by atoms with Gasteiger partial charge in [0.2, 0.25) is 0 Å². The Morgan fingerprint density at radius 3 is 2.55 bits per heavy atom. The Hall–Kier alpha value is -1.89. The van der Waals surface area contributed by atoms with E-state index in [0.29, 0.717) is 23.6 Å². The monoisotopic (exact) mass is 288 g/mol. The maximum Gasteiger partial charge on any atom is 0.419 e. The van der Waals surface area contributed by atoms with Crippen LogP contribution in [0.5, 0.6) is 0 Å². The van der Waals surface area contributed by atoms with E-state index in [1.54, 1.807) is 13.0 Å². The zero-order chi connectivity index (χ0) is 14.8. The predicted molar refractivity (Wildman–Crippen MR) is 63.2 cm³/mol. The quantitative estimate of drug-likeness (QED) is 0.876. The Morgan fingerprint density at radius 2 is 1.95 bits per heavy atom. The number of nitrogens with one attached hydrogen (secondary N) is 1. The van der Waals surface area contributed by atoms with Crippen LogP contribution in [0.15, 0.2) is 28.8 Å². The van der Waals surface area contributed by atoms with Gasteiger partial charge in [0.1, 0.15) is 11.6 Å². The van der Waals surface area contributed by atoms with E-state index in [4.69, 9.17) is 4.52 Å². The fourth-order valence-electron chi connectivity index (χ4n) is 1.74. The average molecular weight is 288 g/mol. The molecule has 0 saturated heterocycles. The zero-order valence-electron chi connectivity index (χ0n) is 10.6. The molecule has 1 N–H and O–H groups in total. The number of halogens is 4. The largest absolute Gasteiger partial charge is 0.419 e. The first-order valence-corrected chi connectivity index (χ1v) is 5.85. The molecule has 1 aromatic heterocycles. The molecule has 0 unspecified atom stereocenters. The van der Waals surface area contributed by atoms with Crippen LogP contribution >= 0.6 is 0 Å². The molecular weight excluding hydrogens is 276 g/mol. The fraction of sp³-hybridized carbons (Fsp3) is 0.308. The van der Waals surface area contributed by atoms with Gasteiger partial charge >= 0.3 is 6.18 Å². The second-order valence-corrected chi connectivity index (χ2v) is 4.34. The van der Waals surface area contributed by atoms with Crippen molar-refractivity contribution in [2.75, 3.05) is 0 Å². The molecule has 0 spiro atoms. The molecular formula is C13H12F4N2O. The lowest BCUT2D eigenvalue weighted by Crippen LogP contribution is -2.15. The van der Waals surface area contributed by atoms with Crippen molar-refractivity contribution in [3.63, 3.8) is 0 Å². The van der Waals surface area contributed by atoms with Gasteiger partial charge in [-0.15, -0.1) is 0 Å². The average Bonchev–Trinajstić information content (AvgIpc) is 2.76. The number of aromatic nitrogens is 1.